The molecule has 1 atom stereocenters. The minimum absolute atomic E-state index is 0.0738. The lowest BCUT2D eigenvalue weighted by atomic mass is 9.85. The zero-order chi connectivity index (χ0) is 14.0. The molecule has 0 spiro atoms. The van der Waals surface area contributed by atoms with Crippen molar-refractivity contribution in [3.63, 3.8) is 0 Å². The molecule has 1 unspecified atom stereocenters. The molecule has 1 saturated heterocycles. The molecule has 0 saturated carbocycles. The van der Waals surface area contributed by atoms with Gasteiger partial charge in [-0.25, -0.2) is 4.39 Å². The first-order valence-electron chi connectivity index (χ1n) is 6.78. The molecule has 1 fully saturated rings. The largest absolute Gasteiger partial charge is 0.496 e. The van der Waals surface area contributed by atoms with Crippen molar-refractivity contribution in [2.24, 2.45) is 5.73 Å². The topological polar surface area (TPSA) is 38.5 Å². The van der Waals surface area contributed by atoms with Crippen molar-refractivity contribution < 1.29 is 9.13 Å². The van der Waals surface area contributed by atoms with Crippen LogP contribution in [0.25, 0.3) is 0 Å². The summed E-state index contributed by atoms with van der Waals surface area (Å²) >= 11 is 0. The van der Waals surface area contributed by atoms with E-state index in [1.165, 1.54) is 6.07 Å². The molecule has 3 nitrogen and oxygen atoms in total. The van der Waals surface area contributed by atoms with Crippen LogP contribution in [-0.2, 0) is 6.54 Å². The van der Waals surface area contributed by atoms with E-state index >= 15 is 0 Å². The molecule has 0 amide bonds. The van der Waals surface area contributed by atoms with E-state index in [-0.39, 0.29) is 17.4 Å². The Hall–Kier alpha value is -1.13. The molecule has 1 aliphatic rings. The van der Waals surface area contributed by atoms with Crippen LogP contribution in [0.5, 0.6) is 5.75 Å². The molecule has 0 radical (unpaired) electrons. The molecule has 2 rings (SSSR count). The Kier molecular flexibility index (Phi) is 4.11. The lowest BCUT2D eigenvalue weighted by Crippen LogP contribution is -2.59. The highest BCUT2D eigenvalue weighted by Gasteiger charge is 2.36. The number of likely N-dealkylation sites (tertiary alicyclic amines) is 1. The van der Waals surface area contributed by atoms with Gasteiger partial charge in [0.1, 0.15) is 11.6 Å². The van der Waals surface area contributed by atoms with E-state index in [1.807, 2.05) is 0 Å². The highest BCUT2D eigenvalue weighted by atomic mass is 19.1. The zero-order valence-corrected chi connectivity index (χ0v) is 11.9. The van der Waals surface area contributed by atoms with Crippen LogP contribution in [0.2, 0.25) is 0 Å². The fourth-order valence-electron chi connectivity index (χ4n) is 2.74. The molecule has 0 bridgehead atoms. The summed E-state index contributed by atoms with van der Waals surface area (Å²) in [6, 6.07) is 4.81. The zero-order valence-electron chi connectivity index (χ0n) is 11.9. The first-order chi connectivity index (χ1) is 8.95. The van der Waals surface area contributed by atoms with Crippen molar-refractivity contribution in [2.45, 2.75) is 44.8 Å². The third-order valence-corrected chi connectivity index (χ3v) is 4.27. The molecule has 0 aromatic heterocycles. The molecule has 1 aliphatic heterocycles. The SMILES string of the molecule is COc1ccc(F)cc1CN1CCCC(N)C1(C)C. The lowest BCUT2D eigenvalue weighted by molar-refractivity contribution is 0.0494. The Morgan fingerprint density at radius 1 is 1.47 bits per heavy atom. The van der Waals surface area contributed by atoms with Crippen LogP contribution in [0.3, 0.4) is 0 Å². The summed E-state index contributed by atoms with van der Waals surface area (Å²) in [5.74, 6) is 0.506. The van der Waals surface area contributed by atoms with Gasteiger partial charge in [-0.1, -0.05) is 0 Å². The standard InChI is InChI=1S/C15H23FN2O/c1-15(2)14(17)5-4-8-18(15)10-11-9-12(16)6-7-13(11)19-3/h6-7,9,14H,4-5,8,10,17H2,1-3H3. The Balaban J connectivity index is 2.22. The van der Waals surface area contributed by atoms with Crippen molar-refractivity contribution in [2.75, 3.05) is 13.7 Å². The predicted octanol–water partition coefficient (Wildman–Crippen LogP) is 2.54. The van der Waals surface area contributed by atoms with Crippen molar-refractivity contribution in [3.8, 4) is 5.75 Å². The van der Waals surface area contributed by atoms with Crippen molar-refractivity contribution in [1.29, 1.82) is 0 Å². The maximum absolute atomic E-state index is 13.4. The summed E-state index contributed by atoms with van der Waals surface area (Å²) in [7, 11) is 1.61. The highest BCUT2D eigenvalue weighted by molar-refractivity contribution is 5.34. The Morgan fingerprint density at radius 3 is 2.89 bits per heavy atom. The molecule has 0 aliphatic carbocycles. The van der Waals surface area contributed by atoms with Crippen LogP contribution in [-0.4, -0.2) is 30.1 Å². The predicted molar refractivity (Wildman–Crippen MR) is 74.7 cm³/mol. The second kappa shape index (κ2) is 5.47. The summed E-state index contributed by atoms with van der Waals surface area (Å²) in [6.45, 7) is 5.97. The minimum Gasteiger partial charge on any atom is -0.496 e. The number of nitrogens with zero attached hydrogens (tertiary/aromatic N) is 1. The van der Waals surface area contributed by atoms with Gasteiger partial charge in [0.25, 0.3) is 0 Å². The summed E-state index contributed by atoms with van der Waals surface area (Å²) in [5.41, 5.74) is 7.02. The number of halogens is 1. The fraction of sp³-hybridized carbons (Fsp3) is 0.600. The van der Waals surface area contributed by atoms with Crippen LogP contribution in [0, 0.1) is 5.82 Å². The van der Waals surface area contributed by atoms with Crippen LogP contribution < -0.4 is 10.5 Å². The number of piperidine rings is 1. The highest BCUT2D eigenvalue weighted by Crippen LogP contribution is 2.30. The van der Waals surface area contributed by atoms with E-state index in [0.717, 1.165) is 30.7 Å². The van der Waals surface area contributed by atoms with Crippen LogP contribution in [0.1, 0.15) is 32.3 Å². The number of hydrogen-bond acceptors (Lipinski definition) is 3. The fourth-order valence-corrected chi connectivity index (χ4v) is 2.74. The lowest BCUT2D eigenvalue weighted by Gasteiger charge is -2.46. The van der Waals surface area contributed by atoms with Gasteiger partial charge in [0, 0.05) is 23.7 Å². The first-order valence-corrected chi connectivity index (χ1v) is 6.78. The van der Waals surface area contributed by atoms with Crippen molar-refractivity contribution >= 4 is 0 Å². The molecule has 1 aromatic rings. The average molecular weight is 266 g/mol. The number of rotatable bonds is 3. The Morgan fingerprint density at radius 2 is 2.21 bits per heavy atom. The number of hydrogen-bond donors (Lipinski definition) is 1. The Bertz CT molecular complexity index is 448. The van der Waals surface area contributed by atoms with E-state index in [0.29, 0.717) is 6.54 Å². The van der Waals surface area contributed by atoms with Crippen molar-refractivity contribution in [1.82, 2.24) is 4.90 Å². The first kappa shape index (κ1) is 14.3. The molecule has 1 aromatic carbocycles. The monoisotopic (exact) mass is 266 g/mol. The molecule has 4 heteroatoms. The molecule has 1 heterocycles. The maximum Gasteiger partial charge on any atom is 0.123 e. The van der Waals surface area contributed by atoms with E-state index < -0.39 is 0 Å². The summed E-state index contributed by atoms with van der Waals surface area (Å²) in [4.78, 5) is 2.32. The van der Waals surface area contributed by atoms with E-state index in [1.54, 1.807) is 19.2 Å². The second-order valence-corrected chi connectivity index (χ2v) is 5.78. The Labute approximate surface area is 114 Å². The summed E-state index contributed by atoms with van der Waals surface area (Å²) in [6.07, 6.45) is 2.13. The molecular weight excluding hydrogens is 243 g/mol. The maximum atomic E-state index is 13.4. The van der Waals surface area contributed by atoms with Gasteiger partial charge in [0.15, 0.2) is 0 Å². The summed E-state index contributed by atoms with van der Waals surface area (Å²) in [5, 5.41) is 0. The van der Waals surface area contributed by atoms with Gasteiger partial charge in [-0.05, 0) is 51.4 Å². The molecule has 106 valence electrons. The normalized spacial score (nSPS) is 23.3. The van der Waals surface area contributed by atoms with E-state index in [4.69, 9.17) is 10.5 Å². The van der Waals surface area contributed by atoms with Crippen molar-refractivity contribution in [3.05, 3.63) is 29.6 Å². The second-order valence-electron chi connectivity index (χ2n) is 5.78. The van der Waals surface area contributed by atoms with Gasteiger partial charge in [-0.3, -0.25) is 4.90 Å². The molecule has 19 heavy (non-hydrogen) atoms. The van der Waals surface area contributed by atoms with Gasteiger partial charge >= 0.3 is 0 Å². The van der Waals surface area contributed by atoms with Crippen LogP contribution in [0.15, 0.2) is 18.2 Å². The number of nitrogens with two attached hydrogens (primary N) is 1. The molecule has 2 N–H and O–H groups in total. The average Bonchev–Trinajstić information content (AvgIpc) is 2.36. The number of ether oxygens (including phenoxy) is 1. The molecular formula is C15H23FN2O. The number of benzene rings is 1. The third-order valence-electron chi connectivity index (χ3n) is 4.27. The number of methoxy groups -OCH3 is 1. The van der Waals surface area contributed by atoms with Crippen LogP contribution in [0.4, 0.5) is 4.39 Å². The summed E-state index contributed by atoms with van der Waals surface area (Å²) < 4.78 is 18.7. The quantitative estimate of drug-likeness (QED) is 0.913. The third kappa shape index (κ3) is 2.90. The van der Waals surface area contributed by atoms with E-state index in [2.05, 4.69) is 18.7 Å². The van der Waals surface area contributed by atoms with Gasteiger partial charge in [-0.2, -0.15) is 0 Å². The smallest absolute Gasteiger partial charge is 0.123 e. The van der Waals surface area contributed by atoms with Crippen LogP contribution >= 0.6 is 0 Å². The van der Waals surface area contributed by atoms with Gasteiger partial charge in [0.2, 0.25) is 0 Å². The van der Waals surface area contributed by atoms with Gasteiger partial charge in [-0.15, -0.1) is 0 Å². The van der Waals surface area contributed by atoms with Gasteiger partial charge < -0.3 is 10.5 Å². The minimum atomic E-state index is -0.227. The van der Waals surface area contributed by atoms with E-state index in [9.17, 15) is 4.39 Å². The van der Waals surface area contributed by atoms with Gasteiger partial charge in [0.05, 0.1) is 7.11 Å².